The molecule has 0 radical (unpaired) electrons. The van der Waals surface area contributed by atoms with Gasteiger partial charge in [0.2, 0.25) is 5.82 Å². The van der Waals surface area contributed by atoms with Crippen molar-refractivity contribution >= 4 is 23.1 Å². The number of nitrogens with zero attached hydrogens (tertiary/aromatic N) is 3. The number of aromatic nitrogens is 2. The van der Waals surface area contributed by atoms with Gasteiger partial charge < -0.3 is 5.32 Å². The van der Waals surface area contributed by atoms with Crippen LogP contribution in [-0.2, 0) is 12.5 Å². The van der Waals surface area contributed by atoms with Gasteiger partial charge in [0.1, 0.15) is 11.5 Å². The van der Waals surface area contributed by atoms with E-state index in [0.29, 0.717) is 17.1 Å². The van der Waals surface area contributed by atoms with Gasteiger partial charge in [-0.05, 0) is 18.6 Å². The molecule has 1 heterocycles. The molecule has 0 atom stereocenters. The molecule has 2 aromatic rings. The van der Waals surface area contributed by atoms with Crippen LogP contribution < -0.4 is 5.32 Å². The van der Waals surface area contributed by atoms with Gasteiger partial charge >= 0.3 is 5.69 Å². The molecule has 0 saturated heterocycles. The lowest BCUT2D eigenvalue weighted by Gasteiger charge is -2.26. The summed E-state index contributed by atoms with van der Waals surface area (Å²) in [4.78, 5) is 10.7. The monoisotopic (exact) mass is 340 g/mol. The molecule has 6 nitrogen and oxygen atoms in total. The van der Waals surface area contributed by atoms with Gasteiger partial charge in [-0.25, -0.2) is 9.07 Å². The third kappa shape index (κ3) is 3.29. The zero-order valence-electron chi connectivity index (χ0n) is 13.4. The van der Waals surface area contributed by atoms with Gasteiger partial charge in [0, 0.05) is 19.0 Å². The molecule has 0 aliphatic rings. The minimum absolute atomic E-state index is 0.0536. The van der Waals surface area contributed by atoms with Gasteiger partial charge in [0.25, 0.3) is 0 Å². The van der Waals surface area contributed by atoms with Crippen LogP contribution in [-0.4, -0.2) is 21.2 Å². The predicted molar refractivity (Wildman–Crippen MR) is 87.5 cm³/mol. The van der Waals surface area contributed by atoms with E-state index >= 15 is 0 Å². The van der Waals surface area contributed by atoms with E-state index in [4.69, 9.17) is 11.6 Å². The molecule has 0 fully saturated rings. The fraction of sp³-hybridized carbons (Fsp3) is 0.400. The van der Waals surface area contributed by atoms with Gasteiger partial charge in [0.05, 0.1) is 9.95 Å². The van der Waals surface area contributed by atoms with E-state index in [1.54, 1.807) is 26.1 Å². The Labute approximate surface area is 138 Å². The van der Waals surface area contributed by atoms with Crippen LogP contribution in [0.1, 0.15) is 25.1 Å². The molecule has 0 aliphatic carbocycles. The first kappa shape index (κ1) is 17.2. The smallest absolute Gasteiger partial charge is 0.333 e. The number of anilines is 1. The lowest BCUT2D eigenvalue weighted by molar-refractivity contribution is -0.384. The maximum Gasteiger partial charge on any atom is 0.333 e. The number of nitro groups is 1. The Morgan fingerprint density at radius 1 is 1.48 bits per heavy atom. The van der Waals surface area contributed by atoms with Crippen LogP contribution in [0.25, 0.3) is 0 Å². The van der Waals surface area contributed by atoms with E-state index in [1.807, 2.05) is 13.8 Å². The first-order valence-corrected chi connectivity index (χ1v) is 7.39. The lowest BCUT2D eigenvalue weighted by atomic mass is 9.84. The van der Waals surface area contributed by atoms with Crippen molar-refractivity contribution in [2.24, 2.45) is 7.05 Å². The van der Waals surface area contributed by atoms with Crippen molar-refractivity contribution in [3.8, 4) is 0 Å². The minimum Gasteiger partial charge on any atom is -0.364 e. The van der Waals surface area contributed by atoms with Crippen LogP contribution in [0, 0.1) is 22.9 Å². The van der Waals surface area contributed by atoms with Crippen molar-refractivity contribution < 1.29 is 9.31 Å². The third-order valence-electron chi connectivity index (χ3n) is 3.75. The second kappa shape index (κ2) is 6.16. The SMILES string of the molecule is Cc1nn(C)c(NCC(C)(C)c2cccc(Cl)c2F)c1[N+](=O)[O-]. The molecule has 0 spiro atoms. The molecule has 1 N–H and O–H groups in total. The highest BCUT2D eigenvalue weighted by Crippen LogP contribution is 2.32. The number of aryl methyl sites for hydroxylation is 2. The van der Waals surface area contributed by atoms with Gasteiger partial charge in [0.15, 0.2) is 0 Å². The summed E-state index contributed by atoms with van der Waals surface area (Å²) in [5.41, 5.74) is 0.0711. The van der Waals surface area contributed by atoms with Crippen molar-refractivity contribution in [2.45, 2.75) is 26.2 Å². The molecular formula is C15H18ClFN4O2. The number of hydrogen-bond donors (Lipinski definition) is 1. The first-order chi connectivity index (χ1) is 10.6. The predicted octanol–water partition coefficient (Wildman–Crippen LogP) is 3.82. The fourth-order valence-corrected chi connectivity index (χ4v) is 2.66. The number of benzene rings is 1. The zero-order valence-corrected chi connectivity index (χ0v) is 14.1. The molecular weight excluding hydrogens is 323 g/mol. The molecule has 0 bridgehead atoms. The summed E-state index contributed by atoms with van der Waals surface area (Å²) in [6, 6.07) is 4.82. The second-order valence-electron chi connectivity index (χ2n) is 6.00. The number of rotatable bonds is 5. The van der Waals surface area contributed by atoms with Gasteiger partial charge in [-0.2, -0.15) is 5.10 Å². The van der Waals surface area contributed by atoms with Crippen LogP contribution >= 0.6 is 11.6 Å². The molecule has 1 aromatic heterocycles. The van der Waals surface area contributed by atoms with Crippen LogP contribution in [0.4, 0.5) is 15.9 Å². The summed E-state index contributed by atoms with van der Waals surface area (Å²) >= 11 is 5.83. The van der Waals surface area contributed by atoms with Crippen molar-refractivity contribution in [1.29, 1.82) is 0 Å². The van der Waals surface area contributed by atoms with E-state index in [2.05, 4.69) is 10.4 Å². The van der Waals surface area contributed by atoms with Crippen LogP contribution in [0.2, 0.25) is 5.02 Å². The summed E-state index contributed by atoms with van der Waals surface area (Å²) in [5.74, 6) is -0.181. The molecule has 0 aliphatic heterocycles. The Kier molecular flexibility index (Phi) is 4.61. The van der Waals surface area contributed by atoms with Crippen molar-refractivity contribution in [1.82, 2.24) is 9.78 Å². The zero-order chi connectivity index (χ0) is 17.4. The Balaban J connectivity index is 2.30. The highest BCUT2D eigenvalue weighted by atomic mass is 35.5. The van der Waals surface area contributed by atoms with Crippen molar-refractivity contribution in [3.05, 3.63) is 50.4 Å². The van der Waals surface area contributed by atoms with Gasteiger partial charge in [-0.15, -0.1) is 0 Å². The summed E-state index contributed by atoms with van der Waals surface area (Å²) in [6.45, 7) is 5.53. The summed E-state index contributed by atoms with van der Waals surface area (Å²) in [5, 5.41) is 18.3. The van der Waals surface area contributed by atoms with Crippen molar-refractivity contribution in [3.63, 3.8) is 0 Å². The van der Waals surface area contributed by atoms with Gasteiger partial charge in [-0.3, -0.25) is 10.1 Å². The van der Waals surface area contributed by atoms with Crippen LogP contribution in [0.15, 0.2) is 18.2 Å². The number of halogens is 2. The molecule has 2 rings (SSSR count). The first-order valence-electron chi connectivity index (χ1n) is 7.01. The summed E-state index contributed by atoms with van der Waals surface area (Å²) in [6.07, 6.45) is 0. The topological polar surface area (TPSA) is 73.0 Å². The standard InChI is InChI=1S/C15H18ClFN4O2/c1-9-13(21(22)23)14(20(4)19-9)18-8-15(2,3)10-6-5-7-11(16)12(10)17/h5-7,18H,8H2,1-4H3. The third-order valence-corrected chi connectivity index (χ3v) is 4.04. The normalized spacial score (nSPS) is 11.6. The highest BCUT2D eigenvalue weighted by molar-refractivity contribution is 6.30. The van der Waals surface area contributed by atoms with E-state index in [1.165, 1.54) is 10.7 Å². The molecule has 124 valence electrons. The molecule has 0 saturated carbocycles. The Hall–Kier alpha value is -2.15. The highest BCUT2D eigenvalue weighted by Gasteiger charge is 2.29. The quantitative estimate of drug-likeness (QED) is 0.663. The van der Waals surface area contributed by atoms with E-state index in [9.17, 15) is 14.5 Å². The van der Waals surface area contributed by atoms with Crippen molar-refractivity contribution in [2.75, 3.05) is 11.9 Å². The average Bonchev–Trinajstić information content (AvgIpc) is 2.73. The van der Waals surface area contributed by atoms with E-state index < -0.39 is 16.2 Å². The Morgan fingerprint density at radius 3 is 2.74 bits per heavy atom. The fourth-order valence-electron chi connectivity index (χ4n) is 2.49. The minimum atomic E-state index is -0.624. The Bertz CT molecular complexity index is 758. The van der Waals surface area contributed by atoms with Crippen LogP contribution in [0.5, 0.6) is 0 Å². The maximum atomic E-state index is 14.2. The maximum absolute atomic E-state index is 14.2. The molecule has 1 aromatic carbocycles. The second-order valence-corrected chi connectivity index (χ2v) is 6.41. The summed E-state index contributed by atoms with van der Waals surface area (Å²) in [7, 11) is 1.62. The lowest BCUT2D eigenvalue weighted by Crippen LogP contribution is -2.29. The van der Waals surface area contributed by atoms with Gasteiger partial charge in [-0.1, -0.05) is 37.6 Å². The molecule has 8 heteroatoms. The Morgan fingerprint density at radius 2 is 2.13 bits per heavy atom. The van der Waals surface area contributed by atoms with E-state index in [-0.39, 0.29) is 17.3 Å². The summed E-state index contributed by atoms with van der Waals surface area (Å²) < 4.78 is 15.6. The number of hydrogen-bond acceptors (Lipinski definition) is 4. The molecule has 0 amide bonds. The average molecular weight is 341 g/mol. The molecule has 23 heavy (non-hydrogen) atoms. The van der Waals surface area contributed by atoms with E-state index in [0.717, 1.165) is 0 Å². The number of nitrogens with one attached hydrogen (secondary N) is 1. The molecule has 0 unspecified atom stereocenters. The largest absolute Gasteiger partial charge is 0.364 e. The van der Waals surface area contributed by atoms with Crippen LogP contribution in [0.3, 0.4) is 0 Å².